The van der Waals surface area contributed by atoms with E-state index in [-0.39, 0.29) is 19.1 Å². The highest BCUT2D eigenvalue weighted by Gasteiger charge is 2.28. The second kappa shape index (κ2) is 34.9. The summed E-state index contributed by atoms with van der Waals surface area (Å²) < 4.78 is 23.4. The highest BCUT2D eigenvalue weighted by molar-refractivity contribution is 7.47. The lowest BCUT2D eigenvalue weighted by Crippen LogP contribution is -2.46. The summed E-state index contributed by atoms with van der Waals surface area (Å²) in [5, 5.41) is 13.7. The number of unbranched alkanes of at least 4 members (excludes halogenated alkanes) is 13. The second-order valence-corrected chi connectivity index (χ2v) is 16.4. The van der Waals surface area contributed by atoms with Gasteiger partial charge in [0.1, 0.15) is 13.2 Å². The molecule has 0 spiro atoms. The van der Waals surface area contributed by atoms with Gasteiger partial charge in [0.2, 0.25) is 5.91 Å². The van der Waals surface area contributed by atoms with E-state index in [9.17, 15) is 19.4 Å². The Balaban J connectivity index is 4.09. The maximum atomic E-state index is 12.8. The topological polar surface area (TPSA) is 105 Å². The summed E-state index contributed by atoms with van der Waals surface area (Å²) >= 11 is 0. The number of amides is 1. The molecule has 9 heteroatoms. The number of aliphatic hydroxyl groups is 1. The summed E-state index contributed by atoms with van der Waals surface area (Å²) in [4.78, 5) is 22.9. The molecule has 302 valence electrons. The van der Waals surface area contributed by atoms with Crippen molar-refractivity contribution in [3.05, 3.63) is 60.8 Å². The number of rotatable bonds is 36. The average molecular weight is 752 g/mol. The number of aliphatic hydroxyl groups excluding tert-OH is 1. The lowest BCUT2D eigenvalue weighted by Gasteiger charge is -2.26. The molecule has 1 amide bonds. The molecule has 0 aliphatic heterocycles. The standard InChI is InChI=1S/C43H79N2O6P/c1-6-8-10-12-13-14-15-16-17-18-19-20-21-22-23-24-25-26-27-28-29-30-31-33-35-37-43(47)44-41(42(46)36-34-32-11-9-7-2)40-51-52(48,49)50-39-38-45(3,4)5/h8,10,13-14,16-17,19-20,22-23,41-42,46H,6-7,9,11-12,15,18,21,24-40H2,1-5H3,(H-,44,47,48,49)/p+1/b10-8-,14-13-,17-16-,20-19-,23-22-. The van der Waals surface area contributed by atoms with Crippen LogP contribution in [0.1, 0.15) is 155 Å². The molecule has 3 N–H and O–H groups in total. The fraction of sp³-hybridized carbons (Fsp3) is 0.744. The van der Waals surface area contributed by atoms with Gasteiger partial charge in [-0.1, -0.05) is 152 Å². The van der Waals surface area contributed by atoms with E-state index in [4.69, 9.17) is 9.05 Å². The molecule has 8 nitrogen and oxygen atoms in total. The number of hydrogen-bond donors (Lipinski definition) is 3. The number of allylic oxidation sites excluding steroid dienone is 10. The first-order chi connectivity index (χ1) is 25.0. The number of nitrogens with one attached hydrogen (secondary N) is 1. The molecular weight excluding hydrogens is 671 g/mol. The summed E-state index contributed by atoms with van der Waals surface area (Å²) in [7, 11) is 1.59. The van der Waals surface area contributed by atoms with Crippen LogP contribution in [0, 0.1) is 0 Å². The Hall–Kier alpha value is -1.80. The number of nitrogens with zero attached hydrogens (tertiary/aromatic N) is 1. The van der Waals surface area contributed by atoms with Crippen molar-refractivity contribution in [2.45, 2.75) is 167 Å². The van der Waals surface area contributed by atoms with Crippen molar-refractivity contribution in [2.75, 3.05) is 40.9 Å². The molecule has 52 heavy (non-hydrogen) atoms. The molecule has 0 bridgehead atoms. The summed E-state index contributed by atoms with van der Waals surface area (Å²) in [6.45, 7) is 4.65. The van der Waals surface area contributed by atoms with Crippen molar-refractivity contribution in [3.63, 3.8) is 0 Å². The molecule has 0 saturated heterocycles. The summed E-state index contributed by atoms with van der Waals surface area (Å²) in [5.74, 6) is -0.162. The Morgan fingerprint density at radius 2 is 1.15 bits per heavy atom. The third-order valence-corrected chi connectivity index (χ3v) is 9.76. The lowest BCUT2D eigenvalue weighted by molar-refractivity contribution is -0.870. The average Bonchev–Trinajstić information content (AvgIpc) is 3.09. The molecule has 0 aromatic rings. The monoisotopic (exact) mass is 752 g/mol. The van der Waals surface area contributed by atoms with Gasteiger partial charge in [0.25, 0.3) is 0 Å². The Labute approximate surface area is 320 Å². The van der Waals surface area contributed by atoms with Crippen LogP contribution < -0.4 is 5.32 Å². The van der Waals surface area contributed by atoms with Crippen LogP contribution in [0.3, 0.4) is 0 Å². The molecule has 0 saturated carbocycles. The van der Waals surface area contributed by atoms with Crippen LogP contribution in [0.25, 0.3) is 0 Å². The molecule has 0 rings (SSSR count). The molecule has 0 aromatic carbocycles. The van der Waals surface area contributed by atoms with Crippen LogP contribution in [0.4, 0.5) is 0 Å². The van der Waals surface area contributed by atoms with Crippen molar-refractivity contribution >= 4 is 13.7 Å². The van der Waals surface area contributed by atoms with Gasteiger partial charge < -0.3 is 19.8 Å². The zero-order valence-corrected chi connectivity index (χ0v) is 34.9. The van der Waals surface area contributed by atoms with Gasteiger partial charge >= 0.3 is 7.82 Å². The zero-order valence-electron chi connectivity index (χ0n) is 34.0. The number of phosphoric acid groups is 1. The van der Waals surface area contributed by atoms with Gasteiger partial charge in [0, 0.05) is 6.42 Å². The highest BCUT2D eigenvalue weighted by Crippen LogP contribution is 2.43. The number of likely N-dealkylation sites (N-methyl/N-ethyl adjacent to an activating group) is 1. The minimum Gasteiger partial charge on any atom is -0.391 e. The Morgan fingerprint density at radius 3 is 1.69 bits per heavy atom. The third-order valence-electron chi connectivity index (χ3n) is 8.78. The second-order valence-electron chi connectivity index (χ2n) is 15.0. The smallest absolute Gasteiger partial charge is 0.391 e. The largest absolute Gasteiger partial charge is 0.472 e. The van der Waals surface area contributed by atoms with Crippen molar-refractivity contribution in [2.24, 2.45) is 0 Å². The first-order valence-corrected chi connectivity index (χ1v) is 22.1. The Kier molecular flexibility index (Phi) is 33.7. The van der Waals surface area contributed by atoms with E-state index in [2.05, 4.69) is 79.9 Å². The molecule has 0 aliphatic carbocycles. The maximum Gasteiger partial charge on any atom is 0.472 e. The van der Waals surface area contributed by atoms with Gasteiger partial charge in [-0.2, -0.15) is 0 Å². The number of carbonyl (C=O) groups excluding carboxylic acids is 1. The SMILES string of the molecule is CC/C=C\C/C=C\C/C=C\C/C=C\C/C=C\CCCCCCCCCCCC(=O)NC(COP(=O)(O)OCC[N+](C)(C)C)C(O)CCCCCCC. The van der Waals surface area contributed by atoms with Gasteiger partial charge in [-0.15, -0.1) is 0 Å². The third kappa shape index (κ3) is 36.6. The van der Waals surface area contributed by atoms with Crippen LogP contribution >= 0.6 is 7.82 Å². The van der Waals surface area contributed by atoms with E-state index in [0.717, 1.165) is 89.9 Å². The quantitative estimate of drug-likeness (QED) is 0.0255. The molecule has 0 heterocycles. The van der Waals surface area contributed by atoms with Crippen LogP contribution in [0.2, 0.25) is 0 Å². The highest BCUT2D eigenvalue weighted by atomic mass is 31.2. The summed E-state index contributed by atoms with van der Waals surface area (Å²) in [6, 6.07) is -0.762. The number of quaternary nitrogens is 1. The number of phosphoric ester groups is 1. The van der Waals surface area contributed by atoms with Crippen LogP contribution in [-0.4, -0.2) is 73.4 Å². The van der Waals surface area contributed by atoms with Crippen molar-refractivity contribution in [3.8, 4) is 0 Å². The molecule has 0 radical (unpaired) electrons. The van der Waals surface area contributed by atoms with Crippen LogP contribution in [0.15, 0.2) is 60.8 Å². The number of carbonyl (C=O) groups is 1. The fourth-order valence-electron chi connectivity index (χ4n) is 5.48. The van der Waals surface area contributed by atoms with Crippen LogP contribution in [-0.2, 0) is 18.4 Å². The van der Waals surface area contributed by atoms with Crippen molar-refractivity contribution in [1.29, 1.82) is 0 Å². The molecule has 0 aromatic heterocycles. The van der Waals surface area contributed by atoms with Gasteiger partial charge in [-0.05, 0) is 57.8 Å². The van der Waals surface area contributed by atoms with E-state index in [1.54, 1.807) is 0 Å². The first kappa shape index (κ1) is 50.2. The zero-order chi connectivity index (χ0) is 38.6. The summed E-state index contributed by atoms with van der Waals surface area (Å²) in [6.07, 6.45) is 44.3. The normalized spacial score (nSPS) is 15.1. The minimum absolute atomic E-state index is 0.0695. The van der Waals surface area contributed by atoms with Gasteiger partial charge in [0.15, 0.2) is 0 Å². The predicted molar refractivity (Wildman–Crippen MR) is 221 cm³/mol. The molecule has 3 unspecified atom stereocenters. The molecule has 0 fully saturated rings. The maximum absolute atomic E-state index is 12.8. The molecular formula is C43H80N2O6P+. The van der Waals surface area contributed by atoms with E-state index in [1.165, 1.54) is 38.5 Å². The van der Waals surface area contributed by atoms with Gasteiger partial charge in [-0.25, -0.2) is 4.57 Å². The van der Waals surface area contributed by atoms with E-state index >= 15 is 0 Å². The lowest BCUT2D eigenvalue weighted by atomic mass is 10.0. The van der Waals surface area contributed by atoms with Crippen molar-refractivity contribution < 1.29 is 32.9 Å². The first-order valence-electron chi connectivity index (χ1n) is 20.7. The van der Waals surface area contributed by atoms with E-state index in [1.807, 2.05) is 21.1 Å². The van der Waals surface area contributed by atoms with Crippen LogP contribution in [0.5, 0.6) is 0 Å². The summed E-state index contributed by atoms with van der Waals surface area (Å²) in [5.41, 5.74) is 0. The van der Waals surface area contributed by atoms with Crippen molar-refractivity contribution in [1.82, 2.24) is 5.32 Å². The predicted octanol–water partition coefficient (Wildman–Crippen LogP) is 11.1. The van der Waals surface area contributed by atoms with E-state index in [0.29, 0.717) is 23.9 Å². The molecule has 3 atom stereocenters. The Bertz CT molecular complexity index is 1030. The number of hydrogen-bond acceptors (Lipinski definition) is 5. The minimum atomic E-state index is -4.30. The molecule has 0 aliphatic rings. The van der Waals surface area contributed by atoms with Gasteiger partial charge in [0.05, 0.1) is 39.9 Å². The fourth-order valence-corrected chi connectivity index (χ4v) is 6.22. The van der Waals surface area contributed by atoms with Gasteiger partial charge in [-0.3, -0.25) is 13.8 Å². The van der Waals surface area contributed by atoms with E-state index < -0.39 is 20.0 Å². The Morgan fingerprint density at radius 1 is 0.673 bits per heavy atom.